The third kappa shape index (κ3) is 3.46. The Balaban J connectivity index is 3.05. The summed E-state index contributed by atoms with van der Waals surface area (Å²) in [5.74, 6) is 2.65. The molecule has 0 spiro atoms. The van der Waals surface area contributed by atoms with Gasteiger partial charge in [0.2, 0.25) is 5.88 Å². The third-order valence-corrected chi connectivity index (χ3v) is 3.33. The molecule has 1 aromatic heterocycles. The second-order valence-corrected chi connectivity index (χ2v) is 4.82. The van der Waals surface area contributed by atoms with Crippen molar-refractivity contribution in [2.45, 2.75) is 33.2 Å². The highest BCUT2D eigenvalue weighted by molar-refractivity contribution is 6.18. The van der Waals surface area contributed by atoms with Crippen molar-refractivity contribution in [2.75, 3.05) is 24.4 Å². The summed E-state index contributed by atoms with van der Waals surface area (Å²) in [5, 5.41) is 0. The lowest BCUT2D eigenvalue weighted by Crippen LogP contribution is -2.43. The molecule has 0 aromatic carbocycles. The molecule has 1 heterocycles. The number of nitrogens with zero attached hydrogens (tertiary/aromatic N) is 3. The van der Waals surface area contributed by atoms with E-state index in [-0.39, 0.29) is 5.54 Å². The Morgan fingerprint density at radius 3 is 2.59 bits per heavy atom. The highest BCUT2D eigenvalue weighted by Gasteiger charge is 2.24. The third-order valence-electron chi connectivity index (χ3n) is 2.67. The van der Waals surface area contributed by atoms with Crippen molar-refractivity contribution in [1.82, 2.24) is 9.97 Å². The summed E-state index contributed by atoms with van der Waals surface area (Å²) < 4.78 is 5.41. The summed E-state index contributed by atoms with van der Waals surface area (Å²) in [7, 11) is 1.97. The number of aromatic nitrogens is 2. The topological polar surface area (TPSA) is 38.2 Å². The summed E-state index contributed by atoms with van der Waals surface area (Å²) in [4.78, 5) is 10.7. The molecule has 0 aliphatic heterocycles. The fraction of sp³-hybridized carbons (Fsp3) is 0.667. The van der Waals surface area contributed by atoms with E-state index in [9.17, 15) is 0 Å². The van der Waals surface area contributed by atoms with Gasteiger partial charge in [-0.1, -0.05) is 0 Å². The lowest BCUT2D eigenvalue weighted by Gasteiger charge is -2.34. The Bertz CT molecular complexity index is 382. The van der Waals surface area contributed by atoms with Crippen LogP contribution in [-0.2, 0) is 0 Å². The van der Waals surface area contributed by atoms with Crippen molar-refractivity contribution in [3.63, 3.8) is 0 Å². The van der Waals surface area contributed by atoms with Crippen LogP contribution in [0.5, 0.6) is 5.88 Å². The maximum Gasteiger partial charge on any atom is 0.218 e. The first-order valence-electron chi connectivity index (χ1n) is 5.69. The van der Waals surface area contributed by atoms with Crippen LogP contribution in [0.2, 0.25) is 0 Å². The van der Waals surface area contributed by atoms with Crippen LogP contribution in [0.4, 0.5) is 5.82 Å². The molecule has 4 nitrogen and oxygen atoms in total. The maximum atomic E-state index is 5.96. The number of halogens is 1. The first-order chi connectivity index (χ1) is 7.90. The second-order valence-electron chi connectivity index (χ2n) is 4.55. The molecule has 0 saturated carbocycles. The molecule has 0 radical (unpaired) electrons. The number of hydrogen-bond acceptors (Lipinski definition) is 4. The fourth-order valence-corrected chi connectivity index (χ4v) is 1.50. The van der Waals surface area contributed by atoms with Gasteiger partial charge in [0.25, 0.3) is 0 Å². The van der Waals surface area contributed by atoms with Crippen LogP contribution in [0, 0.1) is 6.92 Å². The van der Waals surface area contributed by atoms with E-state index in [4.69, 9.17) is 16.3 Å². The Labute approximate surface area is 108 Å². The van der Waals surface area contributed by atoms with Crippen molar-refractivity contribution in [1.29, 1.82) is 0 Å². The monoisotopic (exact) mass is 257 g/mol. The molecule has 96 valence electrons. The normalized spacial score (nSPS) is 11.4. The molecule has 0 amide bonds. The molecule has 0 saturated heterocycles. The van der Waals surface area contributed by atoms with E-state index in [1.165, 1.54) is 0 Å². The SMILES string of the molecule is CCOc1cc(N(C)C(C)(C)CCl)nc(C)n1. The van der Waals surface area contributed by atoms with Gasteiger partial charge >= 0.3 is 0 Å². The van der Waals surface area contributed by atoms with Crippen LogP contribution in [0.1, 0.15) is 26.6 Å². The molecule has 1 rings (SSSR count). The van der Waals surface area contributed by atoms with Crippen LogP contribution in [0.15, 0.2) is 6.07 Å². The summed E-state index contributed by atoms with van der Waals surface area (Å²) in [6.45, 7) is 8.52. The number of hydrogen-bond donors (Lipinski definition) is 0. The number of anilines is 1. The van der Waals surface area contributed by atoms with E-state index in [1.54, 1.807) is 0 Å². The first-order valence-corrected chi connectivity index (χ1v) is 6.22. The molecule has 0 bridgehead atoms. The highest BCUT2D eigenvalue weighted by atomic mass is 35.5. The minimum absolute atomic E-state index is 0.161. The van der Waals surface area contributed by atoms with E-state index in [1.807, 2.05) is 31.9 Å². The van der Waals surface area contributed by atoms with Crippen LogP contribution in [0.25, 0.3) is 0 Å². The van der Waals surface area contributed by atoms with E-state index in [0.717, 1.165) is 5.82 Å². The van der Waals surface area contributed by atoms with Crippen molar-refractivity contribution >= 4 is 17.4 Å². The van der Waals surface area contributed by atoms with Crippen LogP contribution in [-0.4, -0.2) is 35.0 Å². The summed E-state index contributed by atoms with van der Waals surface area (Å²) in [6, 6.07) is 1.84. The predicted octanol–water partition coefficient (Wildman–Crippen LogP) is 2.64. The maximum absolute atomic E-state index is 5.96. The number of aryl methyl sites for hydroxylation is 1. The van der Waals surface area contributed by atoms with Gasteiger partial charge in [-0.2, -0.15) is 4.98 Å². The molecule has 17 heavy (non-hydrogen) atoms. The summed E-state index contributed by atoms with van der Waals surface area (Å²) in [6.07, 6.45) is 0. The van der Waals surface area contributed by atoms with Gasteiger partial charge in [0.1, 0.15) is 11.6 Å². The Morgan fingerprint density at radius 1 is 1.41 bits per heavy atom. The van der Waals surface area contributed by atoms with Gasteiger partial charge in [-0.15, -0.1) is 11.6 Å². The van der Waals surface area contributed by atoms with E-state index in [2.05, 4.69) is 23.8 Å². The molecule has 0 aliphatic rings. The average molecular weight is 258 g/mol. The Kier molecular flexibility index (Phi) is 4.57. The minimum Gasteiger partial charge on any atom is -0.478 e. The Hall–Kier alpha value is -1.03. The standard InChI is InChI=1S/C12H20ClN3O/c1-6-17-11-7-10(14-9(2)15-11)16(5)12(3,4)8-13/h7H,6,8H2,1-5H3. The highest BCUT2D eigenvalue weighted by Crippen LogP contribution is 2.24. The van der Waals surface area contributed by atoms with Crippen molar-refractivity contribution < 1.29 is 4.74 Å². The second kappa shape index (κ2) is 5.54. The van der Waals surface area contributed by atoms with Crippen molar-refractivity contribution in [3.05, 3.63) is 11.9 Å². The van der Waals surface area contributed by atoms with E-state index >= 15 is 0 Å². The zero-order chi connectivity index (χ0) is 13.1. The molecule has 0 unspecified atom stereocenters. The van der Waals surface area contributed by atoms with E-state index in [0.29, 0.717) is 24.2 Å². The molecular weight excluding hydrogens is 238 g/mol. The van der Waals surface area contributed by atoms with Gasteiger partial charge in [-0.05, 0) is 27.7 Å². The quantitative estimate of drug-likeness (QED) is 0.760. The molecule has 0 aliphatic carbocycles. The number of alkyl halides is 1. The predicted molar refractivity (Wildman–Crippen MR) is 71.1 cm³/mol. The molecule has 0 N–H and O–H groups in total. The van der Waals surface area contributed by atoms with Gasteiger partial charge < -0.3 is 9.64 Å². The lowest BCUT2D eigenvalue weighted by molar-refractivity contribution is 0.325. The molecule has 5 heteroatoms. The molecule has 1 aromatic rings. The van der Waals surface area contributed by atoms with Gasteiger partial charge in [-0.25, -0.2) is 4.98 Å². The summed E-state index contributed by atoms with van der Waals surface area (Å²) in [5.41, 5.74) is -0.161. The Morgan fingerprint density at radius 2 is 2.06 bits per heavy atom. The lowest BCUT2D eigenvalue weighted by atomic mass is 10.1. The van der Waals surface area contributed by atoms with Gasteiger partial charge in [-0.3, -0.25) is 0 Å². The zero-order valence-electron chi connectivity index (χ0n) is 11.1. The number of rotatable bonds is 5. The minimum atomic E-state index is -0.161. The van der Waals surface area contributed by atoms with Gasteiger partial charge in [0.15, 0.2) is 0 Å². The molecule has 0 atom stereocenters. The summed E-state index contributed by atoms with van der Waals surface area (Å²) >= 11 is 5.96. The van der Waals surface area contributed by atoms with Crippen LogP contribution >= 0.6 is 11.6 Å². The zero-order valence-corrected chi connectivity index (χ0v) is 11.9. The first kappa shape index (κ1) is 14.0. The average Bonchev–Trinajstić information content (AvgIpc) is 2.27. The smallest absolute Gasteiger partial charge is 0.218 e. The van der Waals surface area contributed by atoms with Crippen molar-refractivity contribution in [3.8, 4) is 5.88 Å². The molecular formula is C12H20ClN3O. The van der Waals surface area contributed by atoms with Gasteiger partial charge in [0, 0.05) is 24.5 Å². The fourth-order valence-electron chi connectivity index (χ4n) is 1.32. The largest absolute Gasteiger partial charge is 0.478 e. The van der Waals surface area contributed by atoms with E-state index < -0.39 is 0 Å². The molecule has 0 fully saturated rings. The van der Waals surface area contributed by atoms with Gasteiger partial charge in [0.05, 0.1) is 6.61 Å². The van der Waals surface area contributed by atoms with Crippen molar-refractivity contribution in [2.24, 2.45) is 0 Å². The van der Waals surface area contributed by atoms with Crippen LogP contribution < -0.4 is 9.64 Å². The van der Waals surface area contributed by atoms with Crippen LogP contribution in [0.3, 0.4) is 0 Å². The number of ether oxygens (including phenoxy) is 1.